The third kappa shape index (κ3) is 5.66. The van der Waals surface area contributed by atoms with Gasteiger partial charge in [-0.05, 0) is 74.8 Å². The SMILES string of the molecule is c1ccc(-c2ccc(N(c3ccc4c5ccccc5n(-c5ccccc5-c5cccc6ccccc56)c4c3)c3c(-c4ccccc4)ccc4ccccc34)cc2)cc1. The molecule has 0 N–H and O–H groups in total. The first kappa shape index (κ1) is 33.6. The van der Waals surface area contributed by atoms with Crippen LogP contribution in [-0.4, -0.2) is 4.57 Å². The van der Waals surface area contributed by atoms with Crippen molar-refractivity contribution in [3.63, 3.8) is 0 Å². The zero-order chi connectivity index (χ0) is 38.4. The van der Waals surface area contributed by atoms with Crippen molar-refractivity contribution in [2.75, 3.05) is 4.90 Å². The molecule has 58 heavy (non-hydrogen) atoms. The zero-order valence-electron chi connectivity index (χ0n) is 31.8. The minimum absolute atomic E-state index is 1.08. The second-order valence-corrected chi connectivity index (χ2v) is 14.9. The number of para-hydroxylation sites is 2. The van der Waals surface area contributed by atoms with Crippen LogP contribution < -0.4 is 4.90 Å². The van der Waals surface area contributed by atoms with Crippen LogP contribution in [0, 0.1) is 0 Å². The molecule has 0 saturated carbocycles. The summed E-state index contributed by atoms with van der Waals surface area (Å²) in [5, 5.41) is 7.31. The van der Waals surface area contributed by atoms with Crippen molar-refractivity contribution in [3.8, 4) is 39.1 Å². The molecule has 0 unspecified atom stereocenters. The van der Waals surface area contributed by atoms with Gasteiger partial charge in [-0.1, -0.05) is 194 Å². The molecule has 0 radical (unpaired) electrons. The van der Waals surface area contributed by atoms with Gasteiger partial charge in [0, 0.05) is 38.7 Å². The van der Waals surface area contributed by atoms with Crippen LogP contribution in [0.15, 0.2) is 231 Å². The van der Waals surface area contributed by atoms with Gasteiger partial charge in [0.1, 0.15) is 0 Å². The monoisotopic (exact) mass is 738 g/mol. The van der Waals surface area contributed by atoms with Gasteiger partial charge in [0.05, 0.1) is 22.4 Å². The number of anilines is 3. The molecule has 0 saturated heterocycles. The minimum Gasteiger partial charge on any atom is -0.309 e. The third-order valence-electron chi connectivity index (χ3n) is 11.6. The lowest BCUT2D eigenvalue weighted by atomic mass is 9.96. The van der Waals surface area contributed by atoms with E-state index in [0.717, 1.165) is 28.3 Å². The molecule has 0 spiro atoms. The predicted molar refractivity (Wildman–Crippen MR) is 247 cm³/mol. The largest absolute Gasteiger partial charge is 0.309 e. The van der Waals surface area contributed by atoms with Gasteiger partial charge in [-0.15, -0.1) is 0 Å². The molecule has 0 atom stereocenters. The summed E-state index contributed by atoms with van der Waals surface area (Å²) in [6.45, 7) is 0. The van der Waals surface area contributed by atoms with Gasteiger partial charge in [0.2, 0.25) is 0 Å². The second-order valence-electron chi connectivity index (χ2n) is 14.9. The summed E-state index contributed by atoms with van der Waals surface area (Å²) >= 11 is 0. The van der Waals surface area contributed by atoms with Crippen LogP contribution in [0.3, 0.4) is 0 Å². The zero-order valence-corrected chi connectivity index (χ0v) is 31.8. The summed E-state index contributed by atoms with van der Waals surface area (Å²) in [7, 11) is 0. The Hall–Kier alpha value is -7.68. The fourth-order valence-corrected chi connectivity index (χ4v) is 8.90. The molecule has 272 valence electrons. The Labute approximate surface area is 338 Å². The van der Waals surface area contributed by atoms with E-state index in [1.54, 1.807) is 0 Å². The van der Waals surface area contributed by atoms with Crippen LogP contribution in [0.1, 0.15) is 0 Å². The number of hydrogen-bond acceptors (Lipinski definition) is 1. The lowest BCUT2D eigenvalue weighted by Gasteiger charge is -2.30. The first-order valence-corrected chi connectivity index (χ1v) is 19.9. The van der Waals surface area contributed by atoms with Gasteiger partial charge in [-0.3, -0.25) is 0 Å². The van der Waals surface area contributed by atoms with Crippen LogP contribution >= 0.6 is 0 Å². The highest BCUT2D eigenvalue weighted by Crippen LogP contribution is 2.47. The molecule has 0 aliphatic carbocycles. The molecule has 0 bridgehead atoms. The van der Waals surface area contributed by atoms with Crippen molar-refractivity contribution in [1.82, 2.24) is 4.57 Å². The summed E-state index contributed by atoms with van der Waals surface area (Å²) in [4.78, 5) is 2.47. The molecule has 2 heteroatoms. The standard InChI is InChI=1S/C56H38N2/c1-3-16-39(17-4-1)40-30-33-44(34-31-40)57(56-47-24-10-8-21-43(47)32-36-48(56)42-18-5-2-6-19-42)45-35-37-52-51-26-12-14-29-54(51)58(55(52)38-45)53-28-13-11-25-50(53)49-27-15-22-41-20-7-9-23-46(41)49/h1-38H. The molecule has 0 fully saturated rings. The predicted octanol–water partition coefficient (Wildman–Crippen LogP) is 15.6. The summed E-state index contributed by atoms with van der Waals surface area (Å²) in [6, 6.07) is 83.8. The highest BCUT2D eigenvalue weighted by atomic mass is 15.1. The summed E-state index contributed by atoms with van der Waals surface area (Å²) in [6.07, 6.45) is 0. The molecule has 0 aliphatic heterocycles. The van der Waals surface area contributed by atoms with Crippen molar-refractivity contribution in [1.29, 1.82) is 0 Å². The number of aromatic nitrogens is 1. The van der Waals surface area contributed by atoms with Crippen LogP contribution in [0.5, 0.6) is 0 Å². The molecule has 0 aliphatic rings. The number of benzene rings is 10. The Balaban J connectivity index is 1.20. The first-order valence-electron chi connectivity index (χ1n) is 19.9. The summed E-state index contributed by atoms with van der Waals surface area (Å²) in [5.74, 6) is 0. The third-order valence-corrected chi connectivity index (χ3v) is 11.6. The molecule has 2 nitrogen and oxygen atoms in total. The Bertz CT molecular complexity index is 3260. The lowest BCUT2D eigenvalue weighted by molar-refractivity contribution is 1.18. The van der Waals surface area contributed by atoms with Crippen LogP contribution in [-0.2, 0) is 0 Å². The van der Waals surface area contributed by atoms with E-state index in [1.165, 1.54) is 71.2 Å². The van der Waals surface area contributed by atoms with E-state index < -0.39 is 0 Å². The van der Waals surface area contributed by atoms with E-state index >= 15 is 0 Å². The van der Waals surface area contributed by atoms with Gasteiger partial charge in [-0.2, -0.15) is 0 Å². The van der Waals surface area contributed by atoms with Crippen molar-refractivity contribution in [3.05, 3.63) is 231 Å². The molecule has 11 rings (SSSR count). The van der Waals surface area contributed by atoms with E-state index in [1.807, 2.05) is 0 Å². The fraction of sp³-hybridized carbons (Fsp3) is 0. The summed E-state index contributed by atoms with van der Waals surface area (Å²) < 4.78 is 2.48. The number of hydrogen-bond donors (Lipinski definition) is 0. The average molecular weight is 739 g/mol. The Morgan fingerprint density at radius 1 is 0.293 bits per heavy atom. The van der Waals surface area contributed by atoms with Gasteiger partial charge in [0.15, 0.2) is 0 Å². The molecule has 11 aromatic rings. The highest BCUT2D eigenvalue weighted by molar-refractivity contribution is 6.13. The maximum atomic E-state index is 2.48. The molecular weight excluding hydrogens is 701 g/mol. The Kier molecular flexibility index (Phi) is 8.19. The quantitative estimate of drug-likeness (QED) is 0.158. The van der Waals surface area contributed by atoms with E-state index in [4.69, 9.17) is 0 Å². The lowest BCUT2D eigenvalue weighted by Crippen LogP contribution is -2.12. The van der Waals surface area contributed by atoms with E-state index in [0.29, 0.717) is 0 Å². The highest BCUT2D eigenvalue weighted by Gasteiger charge is 2.23. The minimum atomic E-state index is 1.08. The molecule has 10 aromatic carbocycles. The normalized spacial score (nSPS) is 11.4. The van der Waals surface area contributed by atoms with Gasteiger partial charge in [-0.25, -0.2) is 0 Å². The average Bonchev–Trinajstić information content (AvgIpc) is 3.63. The van der Waals surface area contributed by atoms with Gasteiger partial charge >= 0.3 is 0 Å². The van der Waals surface area contributed by atoms with Crippen molar-refractivity contribution >= 4 is 60.4 Å². The van der Waals surface area contributed by atoms with E-state index in [-0.39, 0.29) is 0 Å². The smallest absolute Gasteiger partial charge is 0.0618 e. The number of fused-ring (bicyclic) bond motifs is 5. The first-order chi connectivity index (χ1) is 28.8. The molecule has 1 heterocycles. The Morgan fingerprint density at radius 3 is 1.64 bits per heavy atom. The second kappa shape index (κ2) is 14.1. The van der Waals surface area contributed by atoms with Crippen molar-refractivity contribution in [2.45, 2.75) is 0 Å². The van der Waals surface area contributed by atoms with E-state index in [2.05, 4.69) is 240 Å². The van der Waals surface area contributed by atoms with Gasteiger partial charge < -0.3 is 9.47 Å². The summed E-state index contributed by atoms with van der Waals surface area (Å²) in [5.41, 5.74) is 14.0. The van der Waals surface area contributed by atoms with Crippen molar-refractivity contribution < 1.29 is 0 Å². The molecule has 1 aromatic heterocycles. The van der Waals surface area contributed by atoms with Crippen LogP contribution in [0.2, 0.25) is 0 Å². The fourth-order valence-electron chi connectivity index (χ4n) is 8.90. The Morgan fingerprint density at radius 2 is 0.845 bits per heavy atom. The maximum Gasteiger partial charge on any atom is 0.0618 e. The number of rotatable bonds is 7. The molecule has 0 amide bonds. The van der Waals surface area contributed by atoms with Crippen LogP contribution in [0.4, 0.5) is 17.1 Å². The van der Waals surface area contributed by atoms with Gasteiger partial charge in [0.25, 0.3) is 0 Å². The number of nitrogens with zero attached hydrogens (tertiary/aromatic N) is 2. The van der Waals surface area contributed by atoms with E-state index in [9.17, 15) is 0 Å². The van der Waals surface area contributed by atoms with Crippen LogP contribution in [0.25, 0.3) is 82.4 Å². The van der Waals surface area contributed by atoms with Crippen molar-refractivity contribution in [2.24, 2.45) is 0 Å². The topological polar surface area (TPSA) is 8.17 Å². The maximum absolute atomic E-state index is 2.48. The molecular formula is C56H38N2.